The highest BCUT2D eigenvalue weighted by Gasteiger charge is 2.02. The molecule has 11 heavy (non-hydrogen) atoms. The molecule has 2 rings (SSSR count). The van der Waals surface area contributed by atoms with Crippen molar-refractivity contribution >= 4 is 22.7 Å². The molecule has 0 spiro atoms. The number of rotatable bonds is 0. The quantitative estimate of drug-likeness (QED) is 0.564. The first-order valence-corrected chi connectivity index (χ1v) is 3.65. The number of fused-ring (bicyclic) bond motifs is 1. The second-order valence-electron chi connectivity index (χ2n) is 2.40. The molecule has 0 saturated carbocycles. The lowest BCUT2D eigenvalue weighted by atomic mass is 10.2. The van der Waals surface area contributed by atoms with Crippen molar-refractivity contribution in [2.24, 2.45) is 0 Å². The van der Waals surface area contributed by atoms with Crippen LogP contribution in [0.3, 0.4) is 0 Å². The highest BCUT2D eigenvalue weighted by molar-refractivity contribution is 6.29. The molecule has 0 aliphatic rings. The van der Waals surface area contributed by atoms with E-state index < -0.39 is 0 Å². The SMILES string of the molecule is Cc1cc(Cl)nc2ccoc12. The number of aryl methyl sites for hydroxylation is 1. The normalized spacial score (nSPS) is 10.7. The van der Waals surface area contributed by atoms with E-state index in [1.54, 1.807) is 18.4 Å². The van der Waals surface area contributed by atoms with Gasteiger partial charge in [0.05, 0.1) is 6.26 Å². The summed E-state index contributed by atoms with van der Waals surface area (Å²) in [6, 6.07) is 3.58. The van der Waals surface area contributed by atoms with Crippen LogP contribution < -0.4 is 0 Å². The molecule has 2 nitrogen and oxygen atoms in total. The topological polar surface area (TPSA) is 26.0 Å². The average Bonchev–Trinajstić information content (AvgIpc) is 2.34. The maximum atomic E-state index is 5.73. The van der Waals surface area contributed by atoms with E-state index in [9.17, 15) is 0 Å². The average molecular weight is 168 g/mol. The van der Waals surface area contributed by atoms with Crippen molar-refractivity contribution in [2.45, 2.75) is 6.92 Å². The zero-order valence-electron chi connectivity index (χ0n) is 5.97. The molecule has 2 aromatic heterocycles. The standard InChI is InChI=1S/C8H6ClNO/c1-5-4-7(9)10-6-2-3-11-8(5)6/h2-4H,1H3. The first-order chi connectivity index (χ1) is 5.27. The van der Waals surface area contributed by atoms with Gasteiger partial charge in [0.2, 0.25) is 0 Å². The molecular formula is C8H6ClNO. The Morgan fingerprint density at radius 1 is 1.55 bits per heavy atom. The third-order valence-electron chi connectivity index (χ3n) is 1.57. The van der Waals surface area contributed by atoms with E-state index in [-0.39, 0.29) is 0 Å². The Morgan fingerprint density at radius 2 is 2.36 bits per heavy atom. The molecule has 0 N–H and O–H groups in total. The van der Waals surface area contributed by atoms with Crippen LogP contribution in [0.1, 0.15) is 5.56 Å². The summed E-state index contributed by atoms with van der Waals surface area (Å²) in [7, 11) is 0. The third kappa shape index (κ3) is 0.994. The monoisotopic (exact) mass is 167 g/mol. The van der Waals surface area contributed by atoms with Gasteiger partial charge in [-0.15, -0.1) is 0 Å². The smallest absolute Gasteiger partial charge is 0.155 e. The summed E-state index contributed by atoms with van der Waals surface area (Å²) >= 11 is 5.73. The van der Waals surface area contributed by atoms with Crippen LogP contribution >= 0.6 is 11.6 Å². The molecule has 56 valence electrons. The summed E-state index contributed by atoms with van der Waals surface area (Å²) in [6.07, 6.45) is 1.61. The minimum atomic E-state index is 0.511. The summed E-state index contributed by atoms with van der Waals surface area (Å²) in [5.41, 5.74) is 2.65. The molecule has 0 atom stereocenters. The van der Waals surface area contributed by atoms with Gasteiger partial charge >= 0.3 is 0 Å². The third-order valence-corrected chi connectivity index (χ3v) is 1.76. The van der Waals surface area contributed by atoms with Crippen molar-refractivity contribution in [1.29, 1.82) is 0 Å². The van der Waals surface area contributed by atoms with Crippen molar-refractivity contribution in [3.63, 3.8) is 0 Å². The van der Waals surface area contributed by atoms with E-state index in [2.05, 4.69) is 4.98 Å². The van der Waals surface area contributed by atoms with E-state index in [1.165, 1.54) is 0 Å². The lowest BCUT2D eigenvalue weighted by molar-refractivity contribution is 0.613. The largest absolute Gasteiger partial charge is 0.462 e. The lowest BCUT2D eigenvalue weighted by Gasteiger charge is -1.93. The maximum absolute atomic E-state index is 5.73. The van der Waals surface area contributed by atoms with Gasteiger partial charge in [0.1, 0.15) is 10.7 Å². The van der Waals surface area contributed by atoms with E-state index in [1.807, 2.05) is 6.92 Å². The molecule has 0 radical (unpaired) electrons. The number of pyridine rings is 1. The van der Waals surface area contributed by atoms with Crippen LogP contribution in [0.4, 0.5) is 0 Å². The fraction of sp³-hybridized carbons (Fsp3) is 0.125. The van der Waals surface area contributed by atoms with Crippen LogP contribution in [0, 0.1) is 6.92 Å². The molecule has 2 heterocycles. The molecule has 0 amide bonds. The van der Waals surface area contributed by atoms with Gasteiger partial charge in [-0.3, -0.25) is 0 Å². The fourth-order valence-corrected chi connectivity index (χ4v) is 1.33. The zero-order valence-corrected chi connectivity index (χ0v) is 6.72. The van der Waals surface area contributed by atoms with Gasteiger partial charge in [0.25, 0.3) is 0 Å². The molecule has 0 saturated heterocycles. The summed E-state index contributed by atoms with van der Waals surface area (Å²) in [4.78, 5) is 4.07. The van der Waals surface area contributed by atoms with Gasteiger partial charge in [-0.05, 0) is 18.6 Å². The van der Waals surface area contributed by atoms with E-state index >= 15 is 0 Å². The predicted molar refractivity (Wildman–Crippen MR) is 43.8 cm³/mol. The summed E-state index contributed by atoms with van der Waals surface area (Å²) < 4.78 is 5.18. The number of aromatic nitrogens is 1. The summed E-state index contributed by atoms with van der Waals surface area (Å²) in [5, 5.41) is 0.511. The van der Waals surface area contributed by atoms with Crippen molar-refractivity contribution in [3.8, 4) is 0 Å². The Kier molecular flexibility index (Phi) is 1.36. The van der Waals surface area contributed by atoms with Crippen LogP contribution in [0.5, 0.6) is 0 Å². The number of halogens is 1. The summed E-state index contributed by atoms with van der Waals surface area (Å²) in [5.74, 6) is 0. The van der Waals surface area contributed by atoms with Crippen molar-refractivity contribution < 1.29 is 4.42 Å². The number of hydrogen-bond donors (Lipinski definition) is 0. The zero-order chi connectivity index (χ0) is 7.84. The number of nitrogens with zero attached hydrogens (tertiary/aromatic N) is 1. The van der Waals surface area contributed by atoms with Gasteiger partial charge < -0.3 is 4.42 Å². The van der Waals surface area contributed by atoms with Crippen molar-refractivity contribution in [3.05, 3.63) is 29.1 Å². The Hall–Kier alpha value is -1.02. The minimum Gasteiger partial charge on any atom is -0.462 e. The Balaban J connectivity index is 2.91. The highest BCUT2D eigenvalue weighted by Crippen LogP contribution is 2.20. The van der Waals surface area contributed by atoms with Crippen LogP contribution in [0.2, 0.25) is 5.15 Å². The number of furan rings is 1. The Bertz CT molecular complexity index is 394. The predicted octanol–water partition coefficient (Wildman–Crippen LogP) is 2.79. The number of hydrogen-bond acceptors (Lipinski definition) is 2. The Morgan fingerprint density at radius 3 is 3.18 bits per heavy atom. The van der Waals surface area contributed by atoms with Crippen LogP contribution in [0.15, 0.2) is 22.8 Å². The van der Waals surface area contributed by atoms with Gasteiger partial charge in [0, 0.05) is 6.07 Å². The van der Waals surface area contributed by atoms with Gasteiger partial charge in [-0.1, -0.05) is 11.6 Å². The first-order valence-electron chi connectivity index (χ1n) is 3.28. The minimum absolute atomic E-state index is 0.511. The maximum Gasteiger partial charge on any atom is 0.155 e. The van der Waals surface area contributed by atoms with Crippen LogP contribution in [-0.2, 0) is 0 Å². The highest BCUT2D eigenvalue weighted by atomic mass is 35.5. The molecule has 2 aromatic rings. The van der Waals surface area contributed by atoms with Crippen molar-refractivity contribution in [1.82, 2.24) is 4.98 Å². The van der Waals surface area contributed by atoms with Crippen LogP contribution in [-0.4, -0.2) is 4.98 Å². The van der Waals surface area contributed by atoms with E-state index in [4.69, 9.17) is 16.0 Å². The van der Waals surface area contributed by atoms with E-state index in [0.717, 1.165) is 16.7 Å². The molecule has 0 bridgehead atoms. The first kappa shape index (κ1) is 6.68. The Labute approximate surface area is 68.8 Å². The second kappa shape index (κ2) is 2.24. The second-order valence-corrected chi connectivity index (χ2v) is 2.78. The van der Waals surface area contributed by atoms with E-state index in [0.29, 0.717) is 5.15 Å². The molecule has 0 aliphatic carbocycles. The summed E-state index contributed by atoms with van der Waals surface area (Å²) in [6.45, 7) is 1.94. The molecule has 0 unspecified atom stereocenters. The molecule has 3 heteroatoms. The lowest BCUT2D eigenvalue weighted by Crippen LogP contribution is -1.78. The molecule has 0 fully saturated rings. The van der Waals surface area contributed by atoms with Gasteiger partial charge in [0.15, 0.2) is 5.58 Å². The molecule has 0 aliphatic heterocycles. The molecule has 0 aromatic carbocycles. The molecular weight excluding hydrogens is 162 g/mol. The van der Waals surface area contributed by atoms with Crippen molar-refractivity contribution in [2.75, 3.05) is 0 Å². The van der Waals surface area contributed by atoms with Crippen LogP contribution in [0.25, 0.3) is 11.1 Å². The fourth-order valence-electron chi connectivity index (χ4n) is 1.08. The van der Waals surface area contributed by atoms with Gasteiger partial charge in [-0.25, -0.2) is 4.98 Å². The van der Waals surface area contributed by atoms with Gasteiger partial charge in [-0.2, -0.15) is 0 Å².